The summed E-state index contributed by atoms with van der Waals surface area (Å²) in [6.45, 7) is 5.08. The third-order valence-electron chi connectivity index (χ3n) is 8.31. The number of carbonyl (C=O) groups is 1. The van der Waals surface area contributed by atoms with Gasteiger partial charge < -0.3 is 4.74 Å². The average molecular weight is 518 g/mol. The predicted molar refractivity (Wildman–Crippen MR) is 139 cm³/mol. The van der Waals surface area contributed by atoms with E-state index in [4.69, 9.17) is 16.3 Å². The van der Waals surface area contributed by atoms with Crippen molar-refractivity contribution in [3.63, 3.8) is 0 Å². The molecule has 4 rings (SSSR count). The first-order valence-corrected chi connectivity index (χ1v) is 14.3. The van der Waals surface area contributed by atoms with Gasteiger partial charge in [-0.05, 0) is 106 Å². The van der Waals surface area contributed by atoms with Crippen molar-refractivity contribution in [1.29, 1.82) is 0 Å². The van der Waals surface area contributed by atoms with Crippen molar-refractivity contribution in [3.8, 4) is 5.75 Å². The van der Waals surface area contributed by atoms with Crippen LogP contribution in [-0.4, -0.2) is 38.7 Å². The standard InChI is InChI=1S/C28H36ClNO4S/c1-27(2,22-5-4-6-23(29)19-22)26(31)12-7-21-13-14-28(20-21)15-17-30(18-16-28)35(32,33)25-10-8-24(34-3)9-11-25/h4-6,8-11,19,21H,7,12-18,20H2,1-3H3. The maximum Gasteiger partial charge on any atom is 0.243 e. The number of ether oxygens (including phenoxy) is 1. The van der Waals surface area contributed by atoms with E-state index >= 15 is 0 Å². The number of nitrogens with zero attached hydrogens (tertiary/aromatic N) is 1. The molecule has 2 aromatic rings. The van der Waals surface area contributed by atoms with E-state index in [1.54, 1.807) is 35.7 Å². The molecule has 0 bridgehead atoms. The second kappa shape index (κ2) is 10.2. The Kier molecular flexibility index (Phi) is 7.65. The average Bonchev–Trinajstić information content (AvgIpc) is 3.24. The zero-order valence-corrected chi connectivity index (χ0v) is 22.5. The molecule has 0 amide bonds. The number of carbonyl (C=O) groups excluding carboxylic acids is 1. The summed E-state index contributed by atoms with van der Waals surface area (Å²) in [7, 11) is -1.92. The summed E-state index contributed by atoms with van der Waals surface area (Å²) in [5.41, 5.74) is 0.619. The Morgan fingerprint density at radius 1 is 1.11 bits per heavy atom. The molecule has 2 aromatic carbocycles. The predicted octanol–water partition coefficient (Wildman–Crippen LogP) is 6.25. The molecule has 2 aliphatic rings. The quantitative estimate of drug-likeness (QED) is 0.415. The smallest absolute Gasteiger partial charge is 0.243 e. The van der Waals surface area contributed by atoms with Crippen molar-refractivity contribution in [2.45, 2.75) is 69.1 Å². The molecule has 35 heavy (non-hydrogen) atoms. The van der Waals surface area contributed by atoms with Crippen LogP contribution >= 0.6 is 11.6 Å². The third-order valence-corrected chi connectivity index (χ3v) is 10.5. The lowest BCUT2D eigenvalue weighted by Crippen LogP contribution is -2.42. The number of halogens is 1. The molecule has 1 aliphatic heterocycles. The molecular formula is C28H36ClNO4S. The highest BCUT2D eigenvalue weighted by atomic mass is 35.5. The molecular weight excluding hydrogens is 482 g/mol. The van der Waals surface area contributed by atoms with Gasteiger partial charge in [0.1, 0.15) is 11.5 Å². The van der Waals surface area contributed by atoms with Gasteiger partial charge in [0.15, 0.2) is 0 Å². The molecule has 1 heterocycles. The van der Waals surface area contributed by atoms with Crippen LogP contribution in [0.25, 0.3) is 0 Å². The molecule has 0 aromatic heterocycles. The topological polar surface area (TPSA) is 63.7 Å². The van der Waals surface area contributed by atoms with Crippen molar-refractivity contribution >= 4 is 27.4 Å². The molecule has 190 valence electrons. The number of methoxy groups -OCH3 is 1. The van der Waals surface area contributed by atoms with Crippen molar-refractivity contribution in [2.24, 2.45) is 11.3 Å². The number of hydrogen-bond acceptors (Lipinski definition) is 4. The Balaban J connectivity index is 1.30. The summed E-state index contributed by atoms with van der Waals surface area (Å²) in [6, 6.07) is 14.2. The number of ketones is 1. The lowest BCUT2D eigenvalue weighted by molar-refractivity contribution is -0.123. The highest BCUT2D eigenvalue weighted by Crippen LogP contribution is 2.50. The van der Waals surface area contributed by atoms with Gasteiger partial charge in [-0.2, -0.15) is 4.31 Å². The van der Waals surface area contributed by atoms with E-state index in [-0.39, 0.29) is 11.2 Å². The Morgan fingerprint density at radius 2 is 1.80 bits per heavy atom. The first-order valence-electron chi connectivity index (χ1n) is 12.5. The summed E-state index contributed by atoms with van der Waals surface area (Å²) < 4.78 is 33.0. The van der Waals surface area contributed by atoms with Gasteiger partial charge in [0, 0.05) is 29.9 Å². The molecule has 1 unspecified atom stereocenters. The van der Waals surface area contributed by atoms with Gasteiger partial charge >= 0.3 is 0 Å². The maximum atomic E-state index is 13.1. The van der Waals surface area contributed by atoms with E-state index < -0.39 is 15.4 Å². The molecule has 1 saturated carbocycles. The summed E-state index contributed by atoms with van der Waals surface area (Å²) in [4.78, 5) is 13.4. The Morgan fingerprint density at radius 3 is 2.43 bits per heavy atom. The zero-order valence-electron chi connectivity index (χ0n) is 20.9. The fourth-order valence-corrected chi connectivity index (χ4v) is 7.44. The van der Waals surface area contributed by atoms with E-state index in [2.05, 4.69) is 0 Å². The van der Waals surface area contributed by atoms with Gasteiger partial charge in [0.05, 0.1) is 12.0 Å². The highest BCUT2D eigenvalue weighted by Gasteiger charge is 2.43. The van der Waals surface area contributed by atoms with Gasteiger partial charge in [0.2, 0.25) is 10.0 Å². The van der Waals surface area contributed by atoms with Crippen LogP contribution in [0, 0.1) is 11.3 Å². The van der Waals surface area contributed by atoms with E-state index in [1.807, 2.05) is 38.1 Å². The van der Waals surface area contributed by atoms with Crippen LogP contribution in [0.2, 0.25) is 5.02 Å². The Bertz CT molecular complexity index is 1150. The summed E-state index contributed by atoms with van der Waals surface area (Å²) >= 11 is 6.15. The van der Waals surface area contributed by atoms with Crippen molar-refractivity contribution < 1.29 is 17.9 Å². The second-order valence-corrected chi connectivity index (χ2v) is 13.2. The number of sulfonamides is 1. The first-order chi connectivity index (χ1) is 16.6. The summed E-state index contributed by atoms with van der Waals surface area (Å²) in [5.74, 6) is 1.42. The van der Waals surface area contributed by atoms with Crippen LogP contribution < -0.4 is 4.74 Å². The summed E-state index contributed by atoms with van der Waals surface area (Å²) in [6.07, 6.45) is 6.59. The highest BCUT2D eigenvalue weighted by molar-refractivity contribution is 7.89. The van der Waals surface area contributed by atoms with Crippen molar-refractivity contribution in [2.75, 3.05) is 20.2 Å². The summed E-state index contributed by atoms with van der Waals surface area (Å²) in [5, 5.41) is 0.654. The minimum atomic E-state index is -3.49. The van der Waals surface area contributed by atoms with Gasteiger partial charge in [-0.25, -0.2) is 8.42 Å². The van der Waals surface area contributed by atoms with Crippen LogP contribution in [0.1, 0.15) is 64.4 Å². The Hall–Kier alpha value is -1.89. The molecule has 1 aliphatic carbocycles. The van der Waals surface area contributed by atoms with Crippen molar-refractivity contribution in [1.82, 2.24) is 4.31 Å². The minimum Gasteiger partial charge on any atom is -0.497 e. The number of piperidine rings is 1. The largest absolute Gasteiger partial charge is 0.497 e. The van der Waals surface area contributed by atoms with Crippen molar-refractivity contribution in [3.05, 3.63) is 59.1 Å². The van der Waals surface area contributed by atoms with Gasteiger partial charge in [-0.1, -0.05) is 23.7 Å². The minimum absolute atomic E-state index is 0.210. The fourth-order valence-electron chi connectivity index (χ4n) is 5.81. The Labute approximate surface area is 214 Å². The van der Waals surface area contributed by atoms with Gasteiger partial charge in [0.25, 0.3) is 0 Å². The SMILES string of the molecule is COc1ccc(S(=O)(=O)N2CCC3(CCC(CCC(=O)C(C)(C)c4cccc(Cl)c4)C3)CC2)cc1. The van der Waals surface area contributed by atoms with Crippen LogP contribution in [0.15, 0.2) is 53.4 Å². The number of hydrogen-bond donors (Lipinski definition) is 0. The zero-order chi connectivity index (χ0) is 25.3. The molecule has 0 radical (unpaired) electrons. The normalized spacial score (nSPS) is 20.7. The molecule has 7 heteroatoms. The van der Waals surface area contributed by atoms with E-state index in [1.165, 1.54) is 0 Å². The van der Waals surface area contributed by atoms with Crippen LogP contribution in [-0.2, 0) is 20.2 Å². The van der Waals surface area contributed by atoms with Gasteiger partial charge in [-0.3, -0.25) is 4.79 Å². The lowest BCUT2D eigenvalue weighted by atomic mass is 9.75. The molecule has 0 N–H and O–H groups in total. The molecule has 1 saturated heterocycles. The first kappa shape index (κ1) is 26.2. The number of rotatable bonds is 8. The van der Waals surface area contributed by atoms with E-state index in [0.717, 1.165) is 44.1 Å². The second-order valence-electron chi connectivity index (χ2n) is 10.8. The van der Waals surface area contributed by atoms with Crippen LogP contribution in [0.5, 0.6) is 5.75 Å². The third kappa shape index (κ3) is 5.60. The van der Waals surface area contributed by atoms with E-state index in [0.29, 0.717) is 41.1 Å². The monoisotopic (exact) mass is 517 g/mol. The number of Topliss-reactive ketones (excluding diaryl/α,β-unsaturated/α-hetero) is 1. The fraction of sp³-hybridized carbons (Fsp3) is 0.536. The van der Waals surface area contributed by atoms with Crippen LogP contribution in [0.4, 0.5) is 0 Å². The van der Waals surface area contributed by atoms with E-state index in [9.17, 15) is 13.2 Å². The lowest BCUT2D eigenvalue weighted by Gasteiger charge is -2.39. The maximum absolute atomic E-state index is 13.1. The molecule has 2 fully saturated rings. The molecule has 5 nitrogen and oxygen atoms in total. The molecule has 1 atom stereocenters. The molecule has 1 spiro atoms. The van der Waals surface area contributed by atoms with Crippen LogP contribution in [0.3, 0.4) is 0 Å². The van der Waals surface area contributed by atoms with Gasteiger partial charge in [-0.15, -0.1) is 0 Å². The number of benzene rings is 2.